The fourth-order valence-corrected chi connectivity index (χ4v) is 1.54. The van der Waals surface area contributed by atoms with Crippen LogP contribution in [0.2, 0.25) is 0 Å². The Kier molecular flexibility index (Phi) is 3.59. The highest BCUT2D eigenvalue weighted by Crippen LogP contribution is 2.32. The van der Waals surface area contributed by atoms with Crippen molar-refractivity contribution < 1.29 is 4.74 Å². The van der Waals surface area contributed by atoms with Gasteiger partial charge in [-0.15, -0.1) is 0 Å². The molecule has 1 aromatic carbocycles. The topological polar surface area (TPSA) is 33.0 Å². The molecule has 0 bridgehead atoms. The van der Waals surface area contributed by atoms with Crippen LogP contribution in [0.15, 0.2) is 18.2 Å². The van der Waals surface area contributed by atoms with Gasteiger partial charge >= 0.3 is 0 Å². The zero-order valence-electron chi connectivity index (χ0n) is 10.7. The quantitative estimate of drug-likeness (QED) is 0.757. The van der Waals surface area contributed by atoms with Gasteiger partial charge in [0.2, 0.25) is 0 Å². The van der Waals surface area contributed by atoms with E-state index in [9.17, 15) is 0 Å². The van der Waals surface area contributed by atoms with Gasteiger partial charge in [-0.05, 0) is 37.5 Å². The molecule has 0 fully saturated rings. The van der Waals surface area contributed by atoms with Crippen molar-refractivity contribution in [3.63, 3.8) is 0 Å². The van der Waals surface area contributed by atoms with Crippen molar-refractivity contribution in [2.45, 2.75) is 46.1 Å². The van der Waals surface area contributed by atoms with Crippen molar-refractivity contribution >= 4 is 0 Å². The summed E-state index contributed by atoms with van der Waals surface area (Å²) in [7, 11) is 0. The van der Waals surface area contributed by atoms with E-state index >= 15 is 0 Å². The van der Waals surface area contributed by atoms with Gasteiger partial charge in [-0.2, -0.15) is 5.26 Å². The molecule has 0 N–H and O–H groups in total. The summed E-state index contributed by atoms with van der Waals surface area (Å²) in [5.74, 6) is 0.876. The third-order valence-corrected chi connectivity index (χ3v) is 2.28. The highest BCUT2D eigenvalue weighted by Gasteiger charge is 2.20. The molecule has 0 saturated carbocycles. The van der Waals surface area contributed by atoms with Crippen molar-refractivity contribution in [1.29, 1.82) is 5.26 Å². The van der Waals surface area contributed by atoms with Gasteiger partial charge in [0.1, 0.15) is 5.75 Å². The second-order valence-electron chi connectivity index (χ2n) is 5.24. The summed E-state index contributed by atoms with van der Waals surface area (Å²) in [5.41, 5.74) is 1.75. The van der Waals surface area contributed by atoms with Crippen LogP contribution in [-0.4, -0.2) is 6.10 Å². The minimum atomic E-state index is -0.0168. The number of nitriles is 1. The lowest BCUT2D eigenvalue weighted by Gasteiger charge is -2.24. The number of ether oxygens (including phenoxy) is 1. The lowest BCUT2D eigenvalue weighted by Crippen LogP contribution is -2.16. The van der Waals surface area contributed by atoms with E-state index in [4.69, 9.17) is 10.00 Å². The molecule has 1 aromatic rings. The fraction of sp³-hybridized carbons (Fsp3) is 0.500. The minimum absolute atomic E-state index is 0.0168. The Morgan fingerprint density at radius 2 is 1.88 bits per heavy atom. The van der Waals surface area contributed by atoms with Crippen LogP contribution in [0.25, 0.3) is 0 Å². The van der Waals surface area contributed by atoms with Gasteiger partial charge in [0, 0.05) is 5.56 Å². The average molecular weight is 217 g/mol. The first kappa shape index (κ1) is 12.6. The zero-order chi connectivity index (χ0) is 12.3. The molecule has 0 saturated heterocycles. The number of nitrogens with zero attached hydrogens (tertiary/aromatic N) is 1. The van der Waals surface area contributed by atoms with Crippen LogP contribution in [0, 0.1) is 11.3 Å². The predicted octanol–water partition coefficient (Wildman–Crippen LogP) is 3.64. The van der Waals surface area contributed by atoms with Crippen LogP contribution in [0.4, 0.5) is 0 Å². The second-order valence-corrected chi connectivity index (χ2v) is 5.24. The van der Waals surface area contributed by atoms with Crippen LogP contribution < -0.4 is 4.74 Å². The molecule has 0 unspecified atom stereocenters. The van der Waals surface area contributed by atoms with E-state index < -0.39 is 0 Å². The molecule has 2 heteroatoms. The Morgan fingerprint density at radius 3 is 2.31 bits per heavy atom. The molecule has 2 nitrogen and oxygen atoms in total. The molecule has 0 atom stereocenters. The molecule has 0 spiro atoms. The Bertz CT molecular complexity index is 408. The SMILES string of the molecule is CC(C)Oc1ccc(C#N)cc1C(C)(C)C. The third-order valence-electron chi connectivity index (χ3n) is 2.28. The van der Waals surface area contributed by atoms with Gasteiger partial charge in [0.15, 0.2) is 0 Å². The zero-order valence-corrected chi connectivity index (χ0v) is 10.7. The van der Waals surface area contributed by atoms with Gasteiger partial charge < -0.3 is 4.74 Å². The van der Waals surface area contributed by atoms with Crippen LogP contribution >= 0.6 is 0 Å². The monoisotopic (exact) mass is 217 g/mol. The highest BCUT2D eigenvalue weighted by molar-refractivity contribution is 5.45. The van der Waals surface area contributed by atoms with Crippen molar-refractivity contribution in [1.82, 2.24) is 0 Å². The Labute approximate surface area is 97.9 Å². The number of rotatable bonds is 2. The Morgan fingerprint density at radius 1 is 1.25 bits per heavy atom. The fourth-order valence-electron chi connectivity index (χ4n) is 1.54. The molecule has 1 rings (SSSR count). The number of hydrogen-bond acceptors (Lipinski definition) is 2. The summed E-state index contributed by atoms with van der Waals surface area (Å²) in [4.78, 5) is 0. The molecular formula is C14H19NO. The molecule has 86 valence electrons. The van der Waals surface area contributed by atoms with Crippen LogP contribution in [0.1, 0.15) is 45.7 Å². The molecule has 0 heterocycles. The summed E-state index contributed by atoms with van der Waals surface area (Å²) >= 11 is 0. The molecule has 16 heavy (non-hydrogen) atoms. The molecular weight excluding hydrogens is 198 g/mol. The molecule has 0 radical (unpaired) electrons. The van der Waals surface area contributed by atoms with Gasteiger partial charge in [-0.25, -0.2) is 0 Å². The maximum absolute atomic E-state index is 8.91. The lowest BCUT2D eigenvalue weighted by molar-refractivity contribution is 0.236. The van der Waals surface area contributed by atoms with Crippen molar-refractivity contribution in [3.8, 4) is 11.8 Å². The van der Waals surface area contributed by atoms with E-state index in [1.807, 2.05) is 26.0 Å². The van der Waals surface area contributed by atoms with Crippen molar-refractivity contribution in [3.05, 3.63) is 29.3 Å². The summed E-state index contributed by atoms with van der Waals surface area (Å²) < 4.78 is 5.76. The number of benzene rings is 1. The molecule has 0 aliphatic rings. The molecule has 0 aliphatic heterocycles. The Hall–Kier alpha value is -1.49. The van der Waals surface area contributed by atoms with Gasteiger partial charge in [-0.1, -0.05) is 20.8 Å². The maximum Gasteiger partial charge on any atom is 0.123 e. The van der Waals surface area contributed by atoms with Crippen LogP contribution in [0.3, 0.4) is 0 Å². The van der Waals surface area contributed by atoms with Gasteiger partial charge in [-0.3, -0.25) is 0 Å². The number of hydrogen-bond donors (Lipinski definition) is 0. The minimum Gasteiger partial charge on any atom is -0.491 e. The maximum atomic E-state index is 8.91. The van der Waals surface area contributed by atoms with E-state index in [0.29, 0.717) is 5.56 Å². The summed E-state index contributed by atoms with van der Waals surface area (Å²) in [6.45, 7) is 10.4. The third kappa shape index (κ3) is 3.00. The molecule has 0 aromatic heterocycles. The van der Waals surface area contributed by atoms with E-state index in [0.717, 1.165) is 11.3 Å². The van der Waals surface area contributed by atoms with Crippen LogP contribution in [0.5, 0.6) is 5.75 Å². The smallest absolute Gasteiger partial charge is 0.123 e. The highest BCUT2D eigenvalue weighted by atomic mass is 16.5. The summed E-state index contributed by atoms with van der Waals surface area (Å²) in [5, 5.41) is 8.91. The second kappa shape index (κ2) is 4.57. The van der Waals surface area contributed by atoms with Gasteiger partial charge in [0.05, 0.1) is 17.7 Å². The first-order valence-corrected chi connectivity index (χ1v) is 5.56. The van der Waals surface area contributed by atoms with Crippen molar-refractivity contribution in [2.75, 3.05) is 0 Å². The first-order chi connectivity index (χ1) is 7.34. The van der Waals surface area contributed by atoms with Gasteiger partial charge in [0.25, 0.3) is 0 Å². The summed E-state index contributed by atoms with van der Waals surface area (Å²) in [6, 6.07) is 7.77. The van der Waals surface area contributed by atoms with Crippen LogP contribution in [-0.2, 0) is 5.41 Å². The van der Waals surface area contributed by atoms with E-state index in [1.165, 1.54) is 0 Å². The standard InChI is InChI=1S/C14H19NO/c1-10(2)16-13-7-6-11(9-15)8-12(13)14(3,4)5/h6-8,10H,1-5H3. The van der Waals surface area contributed by atoms with E-state index in [1.54, 1.807) is 6.07 Å². The predicted molar refractivity (Wildman–Crippen MR) is 65.6 cm³/mol. The van der Waals surface area contributed by atoms with E-state index in [2.05, 4.69) is 26.8 Å². The van der Waals surface area contributed by atoms with E-state index in [-0.39, 0.29) is 11.5 Å². The summed E-state index contributed by atoms with van der Waals surface area (Å²) in [6.07, 6.45) is 0.147. The largest absolute Gasteiger partial charge is 0.491 e. The lowest BCUT2D eigenvalue weighted by atomic mass is 9.85. The molecule has 0 aliphatic carbocycles. The first-order valence-electron chi connectivity index (χ1n) is 5.56. The normalized spacial score (nSPS) is 11.3. The Balaban J connectivity index is 3.23. The average Bonchev–Trinajstić information content (AvgIpc) is 2.15. The molecule has 0 amide bonds. The van der Waals surface area contributed by atoms with Crippen molar-refractivity contribution in [2.24, 2.45) is 0 Å².